The smallest absolute Gasteiger partial charge is 0.296 e. The van der Waals surface area contributed by atoms with E-state index in [1.165, 1.54) is 30.2 Å². The standard InChI is InChI=1S/C14H30N4O5S3/c1-7-9-11-18(12-10-8-2)26(21,22)17(5)25(20)16(4)14(19)23-15-13(3)24-6/h7-12H2,1-6H3/b15-13+. The molecule has 154 valence electrons. The molecule has 0 rings (SSSR count). The van der Waals surface area contributed by atoms with Gasteiger partial charge in [-0.05, 0) is 26.0 Å². The van der Waals surface area contributed by atoms with Gasteiger partial charge in [-0.1, -0.05) is 35.6 Å². The van der Waals surface area contributed by atoms with Crippen molar-refractivity contribution < 1.29 is 22.3 Å². The number of hydrogen-bond donors (Lipinski definition) is 0. The third kappa shape index (κ3) is 7.91. The molecular weight excluding hydrogens is 400 g/mol. The average Bonchev–Trinajstić information content (AvgIpc) is 2.63. The molecule has 0 bridgehead atoms. The fraction of sp³-hybridized carbons (Fsp3) is 0.857. The minimum atomic E-state index is -3.98. The number of hydrogen-bond acceptors (Lipinski definition) is 7. The van der Waals surface area contributed by atoms with Crippen LogP contribution in [0, 0.1) is 0 Å². The van der Waals surface area contributed by atoms with Crippen molar-refractivity contribution in [2.45, 2.75) is 46.5 Å². The molecule has 0 spiro atoms. The third-order valence-electron chi connectivity index (χ3n) is 3.43. The lowest BCUT2D eigenvalue weighted by Gasteiger charge is -2.28. The molecule has 9 nitrogen and oxygen atoms in total. The van der Waals surface area contributed by atoms with Gasteiger partial charge >= 0.3 is 6.09 Å². The predicted molar refractivity (Wildman–Crippen MR) is 107 cm³/mol. The van der Waals surface area contributed by atoms with Crippen LogP contribution in [0.1, 0.15) is 46.5 Å². The van der Waals surface area contributed by atoms with Gasteiger partial charge in [0.05, 0.1) is 0 Å². The fourth-order valence-corrected chi connectivity index (χ4v) is 4.58. The molecule has 0 saturated heterocycles. The zero-order valence-electron chi connectivity index (χ0n) is 16.3. The Morgan fingerprint density at radius 3 is 2.08 bits per heavy atom. The van der Waals surface area contributed by atoms with Gasteiger partial charge in [0.2, 0.25) is 11.2 Å². The first-order valence-electron chi connectivity index (χ1n) is 8.32. The van der Waals surface area contributed by atoms with Gasteiger partial charge in [0.15, 0.2) is 0 Å². The summed E-state index contributed by atoms with van der Waals surface area (Å²) in [6.07, 6.45) is 3.82. The molecule has 0 aromatic rings. The molecule has 0 heterocycles. The summed E-state index contributed by atoms with van der Waals surface area (Å²) in [6.45, 7) is 6.25. The number of rotatable bonds is 11. The van der Waals surface area contributed by atoms with E-state index in [1.54, 1.807) is 13.2 Å². The van der Waals surface area contributed by atoms with Gasteiger partial charge in [-0.15, -0.1) is 11.8 Å². The summed E-state index contributed by atoms with van der Waals surface area (Å²) in [7, 11) is -1.61. The number of oxime groups is 1. The van der Waals surface area contributed by atoms with Crippen molar-refractivity contribution in [1.82, 2.24) is 12.3 Å². The van der Waals surface area contributed by atoms with E-state index in [2.05, 4.69) is 9.99 Å². The lowest BCUT2D eigenvalue weighted by atomic mass is 10.3. The Balaban J connectivity index is 5.21. The Kier molecular flexibility index (Phi) is 12.3. The van der Waals surface area contributed by atoms with E-state index in [-0.39, 0.29) is 0 Å². The molecule has 0 saturated carbocycles. The first-order chi connectivity index (χ1) is 12.1. The van der Waals surface area contributed by atoms with Crippen LogP contribution in [0.3, 0.4) is 0 Å². The number of amides is 1. The second kappa shape index (κ2) is 12.7. The first-order valence-corrected chi connectivity index (χ1v) is 12.0. The molecule has 0 aromatic carbocycles. The van der Waals surface area contributed by atoms with Gasteiger partial charge in [0.25, 0.3) is 10.2 Å². The summed E-state index contributed by atoms with van der Waals surface area (Å²) in [5, 5.41) is 4.06. The molecule has 0 aliphatic heterocycles. The molecule has 0 aliphatic carbocycles. The van der Waals surface area contributed by atoms with E-state index in [4.69, 9.17) is 0 Å². The van der Waals surface area contributed by atoms with E-state index in [1.807, 2.05) is 13.8 Å². The zero-order chi connectivity index (χ0) is 20.3. The van der Waals surface area contributed by atoms with Crippen LogP contribution in [0.2, 0.25) is 0 Å². The second-order valence-electron chi connectivity index (χ2n) is 5.42. The third-order valence-corrected chi connectivity index (χ3v) is 7.77. The van der Waals surface area contributed by atoms with Crippen LogP contribution in [0.15, 0.2) is 5.16 Å². The number of carbonyl (C=O) groups excluding carboxylic acids is 1. The molecule has 1 unspecified atom stereocenters. The van der Waals surface area contributed by atoms with Crippen LogP contribution in [0.4, 0.5) is 4.79 Å². The van der Waals surface area contributed by atoms with E-state index < -0.39 is 27.5 Å². The van der Waals surface area contributed by atoms with Gasteiger partial charge in [-0.2, -0.15) is 12.7 Å². The first kappa shape index (κ1) is 25.3. The lowest BCUT2D eigenvalue weighted by Crippen LogP contribution is -2.47. The number of nitrogens with zero attached hydrogens (tertiary/aromatic N) is 4. The van der Waals surface area contributed by atoms with E-state index in [0.29, 0.717) is 39.0 Å². The molecule has 1 atom stereocenters. The van der Waals surface area contributed by atoms with Crippen LogP contribution in [0.5, 0.6) is 0 Å². The van der Waals surface area contributed by atoms with Crippen molar-refractivity contribution in [3.63, 3.8) is 0 Å². The summed E-state index contributed by atoms with van der Waals surface area (Å²) >= 11 is -0.989. The summed E-state index contributed by atoms with van der Waals surface area (Å²) < 4.78 is 40.7. The minimum absolute atomic E-state index is 0.339. The SMILES string of the molecule is CCCCN(CCCC)S(=O)(=O)N(C)S(=O)N(C)C(=O)O/N=C(\C)SC. The van der Waals surface area contributed by atoms with Crippen LogP contribution in [0.25, 0.3) is 0 Å². The quantitative estimate of drug-likeness (QED) is 0.216. The fourth-order valence-electron chi connectivity index (χ4n) is 1.69. The van der Waals surface area contributed by atoms with Gasteiger partial charge in [-0.25, -0.2) is 13.3 Å². The van der Waals surface area contributed by atoms with Gasteiger partial charge in [0, 0.05) is 27.2 Å². The van der Waals surface area contributed by atoms with Gasteiger partial charge in [0.1, 0.15) is 5.04 Å². The summed E-state index contributed by atoms with van der Waals surface area (Å²) in [5.74, 6) is 0. The predicted octanol–water partition coefficient (Wildman–Crippen LogP) is 2.41. The highest BCUT2D eigenvalue weighted by Gasteiger charge is 2.34. The van der Waals surface area contributed by atoms with Crippen LogP contribution < -0.4 is 0 Å². The Morgan fingerprint density at radius 2 is 1.65 bits per heavy atom. The molecule has 26 heavy (non-hydrogen) atoms. The summed E-state index contributed by atoms with van der Waals surface area (Å²) in [4.78, 5) is 16.6. The number of thioether (sulfide) groups is 1. The van der Waals surface area contributed by atoms with Crippen molar-refractivity contribution in [2.75, 3.05) is 33.4 Å². The maximum Gasteiger partial charge on any atom is 0.448 e. The van der Waals surface area contributed by atoms with E-state index >= 15 is 0 Å². The normalized spacial score (nSPS) is 13.9. The second-order valence-corrected chi connectivity index (χ2v) is 10.2. The molecule has 0 radical (unpaired) electrons. The minimum Gasteiger partial charge on any atom is -0.296 e. The molecular formula is C14H30N4O5S3. The van der Waals surface area contributed by atoms with E-state index in [0.717, 1.165) is 12.8 Å². The molecule has 0 aromatic heterocycles. The lowest BCUT2D eigenvalue weighted by molar-refractivity contribution is 0.135. The topological polar surface area (TPSA) is 99.6 Å². The zero-order valence-corrected chi connectivity index (χ0v) is 18.7. The average molecular weight is 431 g/mol. The number of carbonyl (C=O) groups is 1. The van der Waals surface area contributed by atoms with Crippen molar-refractivity contribution in [2.24, 2.45) is 5.16 Å². The monoisotopic (exact) mass is 430 g/mol. The van der Waals surface area contributed by atoms with Crippen molar-refractivity contribution in [3.8, 4) is 0 Å². The summed E-state index contributed by atoms with van der Waals surface area (Å²) in [5.41, 5.74) is 0. The molecule has 0 N–H and O–H groups in total. The molecule has 0 aliphatic rings. The van der Waals surface area contributed by atoms with Crippen LogP contribution >= 0.6 is 11.8 Å². The maximum absolute atomic E-state index is 12.8. The highest BCUT2D eigenvalue weighted by molar-refractivity contribution is 8.13. The Bertz CT molecular complexity index is 589. The highest BCUT2D eigenvalue weighted by Crippen LogP contribution is 2.14. The Labute approximate surface area is 164 Å². The van der Waals surface area contributed by atoms with Gasteiger partial charge in [-0.3, -0.25) is 4.84 Å². The van der Waals surface area contributed by atoms with Crippen LogP contribution in [-0.4, -0.2) is 69.5 Å². The van der Waals surface area contributed by atoms with Crippen molar-refractivity contribution in [3.05, 3.63) is 0 Å². The number of unbranched alkanes of at least 4 members (excludes halogenated alkanes) is 2. The van der Waals surface area contributed by atoms with Gasteiger partial charge < -0.3 is 0 Å². The van der Waals surface area contributed by atoms with Crippen molar-refractivity contribution in [1.29, 1.82) is 0 Å². The molecule has 1 amide bonds. The highest BCUT2D eigenvalue weighted by atomic mass is 32.3. The Hall–Kier alpha value is -0.690. The maximum atomic E-state index is 12.8. The Morgan fingerprint density at radius 1 is 1.15 bits per heavy atom. The van der Waals surface area contributed by atoms with Crippen LogP contribution in [-0.2, 0) is 26.2 Å². The van der Waals surface area contributed by atoms with E-state index in [9.17, 15) is 17.4 Å². The van der Waals surface area contributed by atoms with Crippen molar-refractivity contribution >= 4 is 44.3 Å². The summed E-state index contributed by atoms with van der Waals surface area (Å²) in [6, 6.07) is 0. The molecule has 12 heteroatoms. The largest absolute Gasteiger partial charge is 0.448 e. The molecule has 0 fully saturated rings.